The van der Waals surface area contributed by atoms with Crippen LogP contribution in [0.25, 0.3) is 10.9 Å². The minimum absolute atomic E-state index is 0.206. The van der Waals surface area contributed by atoms with E-state index in [0.29, 0.717) is 31.6 Å². The van der Waals surface area contributed by atoms with Gasteiger partial charge in [-0.2, -0.15) is 0 Å². The third-order valence-corrected chi connectivity index (χ3v) is 7.07. The number of hydrogen-bond acceptors (Lipinski definition) is 4. The first-order valence-electron chi connectivity index (χ1n) is 12.6. The van der Waals surface area contributed by atoms with E-state index in [2.05, 4.69) is 30.4 Å². The highest BCUT2D eigenvalue weighted by molar-refractivity contribution is 5.86. The van der Waals surface area contributed by atoms with Gasteiger partial charge in [-0.15, -0.1) is 0 Å². The van der Waals surface area contributed by atoms with Gasteiger partial charge < -0.3 is 14.8 Å². The van der Waals surface area contributed by atoms with Crippen LogP contribution in [0.1, 0.15) is 61.8 Å². The molecule has 5 heteroatoms. The highest BCUT2D eigenvalue weighted by atomic mass is 16.5. The van der Waals surface area contributed by atoms with Crippen LogP contribution in [-0.2, 0) is 22.7 Å². The molecule has 2 aliphatic carbocycles. The zero-order valence-electron chi connectivity index (χ0n) is 20.0. The maximum atomic E-state index is 12.1. The van der Waals surface area contributed by atoms with Crippen LogP contribution in [0, 0.1) is 12.8 Å². The molecule has 0 radical (unpaired) electrons. The molecule has 0 spiro atoms. The van der Waals surface area contributed by atoms with Gasteiger partial charge in [0.15, 0.2) is 0 Å². The van der Waals surface area contributed by atoms with Gasteiger partial charge in [0.1, 0.15) is 12.4 Å². The van der Waals surface area contributed by atoms with Gasteiger partial charge in [-0.25, -0.2) is 4.98 Å². The summed E-state index contributed by atoms with van der Waals surface area (Å²) in [6.07, 6.45) is 7.25. The highest BCUT2D eigenvalue weighted by Crippen LogP contribution is 2.33. The number of benzene rings is 2. The first-order valence-corrected chi connectivity index (χ1v) is 12.6. The second kappa shape index (κ2) is 10.6. The van der Waals surface area contributed by atoms with Crippen LogP contribution in [0.4, 0.5) is 0 Å². The molecule has 0 saturated heterocycles. The molecule has 1 heterocycles. The van der Waals surface area contributed by atoms with Crippen LogP contribution < -0.4 is 10.1 Å². The Morgan fingerprint density at radius 1 is 0.941 bits per heavy atom. The normalized spacial score (nSPS) is 20.3. The van der Waals surface area contributed by atoms with Crippen LogP contribution in [-0.4, -0.2) is 23.0 Å². The van der Waals surface area contributed by atoms with Gasteiger partial charge in [0.25, 0.3) is 0 Å². The standard InChI is InChI=1S/C29H34N2O3/c1-20-27(19-33-24-15-13-23(14-16-24)30-28(32)17-21-11-12-21)31-26-10-6-5-9-25(26)29(20)34-18-22-7-3-2-4-8-22/h2-10,21,23-24H,11-19H2,1H3,(H,30,32)/t23-,24-. The van der Waals surface area contributed by atoms with Gasteiger partial charge in [-0.3, -0.25) is 4.79 Å². The summed E-state index contributed by atoms with van der Waals surface area (Å²) in [5.41, 5.74) is 4.04. The summed E-state index contributed by atoms with van der Waals surface area (Å²) in [5, 5.41) is 4.26. The lowest BCUT2D eigenvalue weighted by Gasteiger charge is -2.29. The van der Waals surface area contributed by atoms with Crippen molar-refractivity contribution in [3.63, 3.8) is 0 Å². The van der Waals surface area contributed by atoms with Crippen molar-refractivity contribution >= 4 is 16.8 Å². The molecule has 5 rings (SSSR count). The van der Waals surface area contributed by atoms with Crippen LogP contribution in [0.5, 0.6) is 5.75 Å². The fourth-order valence-corrected chi connectivity index (χ4v) is 4.82. The molecule has 0 atom stereocenters. The van der Waals surface area contributed by atoms with Crippen molar-refractivity contribution in [2.75, 3.05) is 0 Å². The van der Waals surface area contributed by atoms with Gasteiger partial charge in [-0.05, 0) is 69.1 Å². The molecular weight excluding hydrogens is 424 g/mol. The van der Waals surface area contributed by atoms with E-state index < -0.39 is 0 Å². The molecule has 2 fully saturated rings. The summed E-state index contributed by atoms with van der Waals surface area (Å²) < 4.78 is 12.6. The van der Waals surface area contributed by atoms with E-state index in [1.54, 1.807) is 0 Å². The SMILES string of the molecule is Cc1c(CO[C@H]2CC[C@H](NC(=O)CC3CC3)CC2)nc2ccccc2c1OCc1ccccc1. The number of fused-ring (bicyclic) bond motifs is 1. The van der Waals surface area contributed by atoms with Gasteiger partial charge in [0.05, 0.1) is 23.9 Å². The smallest absolute Gasteiger partial charge is 0.220 e. The number of nitrogens with zero attached hydrogens (tertiary/aromatic N) is 1. The Bertz CT molecular complexity index is 1120. The molecular formula is C29H34N2O3. The summed E-state index contributed by atoms with van der Waals surface area (Å²) in [5.74, 6) is 1.75. The van der Waals surface area contributed by atoms with Crippen LogP contribution in [0.3, 0.4) is 0 Å². The first kappa shape index (κ1) is 22.9. The lowest BCUT2D eigenvalue weighted by molar-refractivity contribution is -0.122. The predicted octanol–water partition coefficient (Wildman–Crippen LogP) is 5.87. The molecule has 0 aliphatic heterocycles. The first-order chi connectivity index (χ1) is 16.7. The van der Waals surface area contributed by atoms with Crippen LogP contribution >= 0.6 is 0 Å². The Morgan fingerprint density at radius 2 is 1.68 bits per heavy atom. The molecule has 2 aliphatic rings. The number of carbonyl (C=O) groups is 1. The van der Waals surface area contributed by atoms with Crippen molar-refractivity contribution < 1.29 is 14.3 Å². The Morgan fingerprint density at radius 3 is 2.44 bits per heavy atom. The molecule has 1 amide bonds. The molecule has 2 saturated carbocycles. The average molecular weight is 459 g/mol. The summed E-state index contributed by atoms with van der Waals surface area (Å²) in [6, 6.07) is 18.7. The number of rotatable bonds is 9. The number of carbonyl (C=O) groups excluding carboxylic acids is 1. The van der Waals surface area contributed by atoms with Gasteiger partial charge >= 0.3 is 0 Å². The van der Waals surface area contributed by atoms with E-state index in [1.165, 1.54) is 12.8 Å². The Labute approximate surface area is 201 Å². The molecule has 3 aromatic rings. The third kappa shape index (κ3) is 5.76. The van der Waals surface area contributed by atoms with E-state index in [4.69, 9.17) is 14.5 Å². The number of hydrogen-bond donors (Lipinski definition) is 1. The van der Waals surface area contributed by atoms with E-state index in [1.807, 2.05) is 36.4 Å². The quantitative estimate of drug-likeness (QED) is 0.436. The zero-order valence-corrected chi connectivity index (χ0v) is 20.0. The predicted molar refractivity (Wildman–Crippen MR) is 134 cm³/mol. The second-order valence-corrected chi connectivity index (χ2v) is 9.80. The lowest BCUT2D eigenvalue weighted by Crippen LogP contribution is -2.39. The number of amides is 1. The number of pyridine rings is 1. The van der Waals surface area contributed by atoms with Gasteiger partial charge in [0, 0.05) is 23.4 Å². The molecule has 2 aromatic carbocycles. The summed E-state index contributed by atoms with van der Waals surface area (Å²) in [7, 11) is 0. The van der Waals surface area contributed by atoms with Crippen LogP contribution in [0.2, 0.25) is 0 Å². The van der Waals surface area contributed by atoms with Crippen molar-refractivity contribution in [3.8, 4) is 5.75 Å². The van der Waals surface area contributed by atoms with Crippen molar-refractivity contribution in [2.24, 2.45) is 5.92 Å². The average Bonchev–Trinajstić information content (AvgIpc) is 3.67. The third-order valence-electron chi connectivity index (χ3n) is 7.07. The van der Waals surface area contributed by atoms with Crippen molar-refractivity contribution in [1.29, 1.82) is 0 Å². The molecule has 0 bridgehead atoms. The molecule has 5 nitrogen and oxygen atoms in total. The Hall–Kier alpha value is -2.92. The summed E-state index contributed by atoms with van der Waals surface area (Å²) >= 11 is 0. The van der Waals surface area contributed by atoms with Gasteiger partial charge in [0.2, 0.25) is 5.91 Å². The Kier molecular flexibility index (Phi) is 7.10. The highest BCUT2D eigenvalue weighted by Gasteiger charge is 2.27. The molecule has 1 aromatic heterocycles. The van der Waals surface area contributed by atoms with E-state index >= 15 is 0 Å². The van der Waals surface area contributed by atoms with E-state index in [0.717, 1.165) is 59.2 Å². The Balaban J connectivity index is 1.20. The molecule has 0 unspecified atom stereocenters. The van der Waals surface area contributed by atoms with E-state index in [-0.39, 0.29) is 12.0 Å². The van der Waals surface area contributed by atoms with Crippen molar-refractivity contribution in [1.82, 2.24) is 10.3 Å². The topological polar surface area (TPSA) is 60.5 Å². The maximum absolute atomic E-state index is 12.1. The summed E-state index contributed by atoms with van der Waals surface area (Å²) in [6.45, 7) is 3.07. The van der Waals surface area contributed by atoms with Crippen molar-refractivity contribution in [2.45, 2.75) is 77.2 Å². The summed E-state index contributed by atoms with van der Waals surface area (Å²) in [4.78, 5) is 17.0. The monoisotopic (exact) mass is 458 g/mol. The fourth-order valence-electron chi connectivity index (χ4n) is 4.82. The number of nitrogens with one attached hydrogen (secondary N) is 1. The molecule has 178 valence electrons. The maximum Gasteiger partial charge on any atom is 0.220 e. The second-order valence-electron chi connectivity index (χ2n) is 9.80. The lowest BCUT2D eigenvalue weighted by atomic mass is 9.92. The minimum atomic E-state index is 0.206. The molecule has 34 heavy (non-hydrogen) atoms. The van der Waals surface area contributed by atoms with E-state index in [9.17, 15) is 4.79 Å². The number of ether oxygens (including phenoxy) is 2. The van der Waals surface area contributed by atoms with Crippen LogP contribution in [0.15, 0.2) is 54.6 Å². The molecule has 1 N–H and O–H groups in total. The van der Waals surface area contributed by atoms with Crippen molar-refractivity contribution in [3.05, 3.63) is 71.4 Å². The largest absolute Gasteiger partial charge is 0.488 e. The zero-order chi connectivity index (χ0) is 23.3. The minimum Gasteiger partial charge on any atom is -0.488 e. The van der Waals surface area contributed by atoms with Gasteiger partial charge in [-0.1, -0.05) is 42.5 Å². The number of para-hydroxylation sites is 1. The fraction of sp³-hybridized carbons (Fsp3) is 0.448. The number of aromatic nitrogens is 1.